The minimum atomic E-state index is -0.814. The highest BCUT2D eigenvalue weighted by Gasteiger charge is 2.38. The number of barbiturate groups is 1. The topological polar surface area (TPSA) is 79.0 Å². The molecule has 1 N–H and O–H groups in total. The molecule has 0 atom stereocenters. The van der Waals surface area contributed by atoms with Crippen molar-refractivity contribution in [1.82, 2.24) is 5.32 Å². The number of ether oxygens (including phenoxy) is 1. The molecule has 0 radical (unpaired) electrons. The summed E-state index contributed by atoms with van der Waals surface area (Å²) in [5.41, 5.74) is 4.11. The van der Waals surface area contributed by atoms with Gasteiger partial charge < -0.3 is 9.64 Å². The molecular weight excluding hydrogens is 466 g/mol. The van der Waals surface area contributed by atoms with Crippen LogP contribution in [-0.4, -0.2) is 31.5 Å². The Morgan fingerprint density at radius 1 is 1.00 bits per heavy atom. The average molecular weight is 488 g/mol. The molecule has 0 unspecified atom stereocenters. The predicted octanol–water partition coefficient (Wildman–Crippen LogP) is 4.58. The number of hydrogen-bond acceptors (Lipinski definition) is 5. The van der Waals surface area contributed by atoms with Crippen molar-refractivity contribution in [3.63, 3.8) is 0 Å². The lowest BCUT2D eigenvalue weighted by molar-refractivity contribution is -0.122. The minimum Gasteiger partial charge on any atom is -0.495 e. The smallest absolute Gasteiger partial charge is 0.336 e. The van der Waals surface area contributed by atoms with Gasteiger partial charge in [0.2, 0.25) is 0 Å². The number of para-hydroxylation sites is 2. The van der Waals surface area contributed by atoms with E-state index in [-0.39, 0.29) is 11.3 Å². The van der Waals surface area contributed by atoms with Crippen molar-refractivity contribution in [2.24, 2.45) is 0 Å². The highest BCUT2D eigenvalue weighted by molar-refractivity contribution is 6.39. The van der Waals surface area contributed by atoms with Crippen LogP contribution in [0.3, 0.4) is 0 Å². The van der Waals surface area contributed by atoms with Crippen molar-refractivity contribution in [2.45, 2.75) is 13.0 Å². The molecule has 3 aromatic rings. The van der Waals surface area contributed by atoms with Crippen LogP contribution in [-0.2, 0) is 22.6 Å². The number of anilines is 2. The summed E-state index contributed by atoms with van der Waals surface area (Å²) in [7, 11) is 1.45. The van der Waals surface area contributed by atoms with E-state index in [0.717, 1.165) is 39.7 Å². The van der Waals surface area contributed by atoms with E-state index in [1.807, 2.05) is 42.5 Å². The third-order valence-electron chi connectivity index (χ3n) is 6.15. The zero-order valence-corrected chi connectivity index (χ0v) is 19.7. The molecule has 0 saturated carbocycles. The van der Waals surface area contributed by atoms with E-state index >= 15 is 0 Å². The second-order valence-corrected chi connectivity index (χ2v) is 8.69. The van der Waals surface area contributed by atoms with Gasteiger partial charge >= 0.3 is 6.03 Å². The number of rotatable bonds is 5. The molecule has 1 saturated heterocycles. The van der Waals surface area contributed by atoms with Crippen molar-refractivity contribution in [2.75, 3.05) is 23.5 Å². The molecule has 2 aliphatic heterocycles. The first kappa shape index (κ1) is 22.7. The largest absolute Gasteiger partial charge is 0.495 e. The maximum atomic E-state index is 13.2. The average Bonchev–Trinajstić information content (AvgIpc) is 3.25. The van der Waals surface area contributed by atoms with Crippen LogP contribution < -0.4 is 19.9 Å². The summed E-state index contributed by atoms with van der Waals surface area (Å²) in [5.74, 6) is -1.09. The van der Waals surface area contributed by atoms with Crippen LogP contribution in [0.15, 0.2) is 72.3 Å². The van der Waals surface area contributed by atoms with Gasteiger partial charge in [0.25, 0.3) is 11.8 Å². The van der Waals surface area contributed by atoms with Gasteiger partial charge in [-0.15, -0.1) is 0 Å². The molecule has 0 spiro atoms. The molecule has 2 aliphatic rings. The summed E-state index contributed by atoms with van der Waals surface area (Å²) >= 11 is 6.34. The first-order chi connectivity index (χ1) is 17.0. The molecule has 1 fully saturated rings. The highest BCUT2D eigenvalue weighted by atomic mass is 35.5. The van der Waals surface area contributed by atoms with Crippen LogP contribution in [0.5, 0.6) is 5.75 Å². The summed E-state index contributed by atoms with van der Waals surface area (Å²) in [6.45, 7) is 1.54. The Hall–Kier alpha value is -4.10. The lowest BCUT2D eigenvalue weighted by Gasteiger charge is -2.27. The molecule has 5 rings (SSSR count). The van der Waals surface area contributed by atoms with E-state index in [2.05, 4.69) is 10.2 Å². The zero-order chi connectivity index (χ0) is 24.5. The van der Waals surface area contributed by atoms with Crippen molar-refractivity contribution in [3.05, 3.63) is 94.0 Å². The van der Waals surface area contributed by atoms with Crippen LogP contribution in [0.4, 0.5) is 16.2 Å². The first-order valence-electron chi connectivity index (χ1n) is 11.1. The summed E-state index contributed by atoms with van der Waals surface area (Å²) in [4.78, 5) is 41.5. The Morgan fingerprint density at radius 3 is 2.57 bits per heavy atom. The molecule has 4 amide bonds. The Labute approximate surface area is 207 Å². The van der Waals surface area contributed by atoms with Crippen molar-refractivity contribution >= 4 is 46.9 Å². The Morgan fingerprint density at radius 2 is 1.77 bits per heavy atom. The maximum absolute atomic E-state index is 13.2. The summed E-state index contributed by atoms with van der Waals surface area (Å²) in [6, 6.07) is 19.4. The predicted molar refractivity (Wildman–Crippen MR) is 135 cm³/mol. The summed E-state index contributed by atoms with van der Waals surface area (Å²) in [5, 5.41) is 2.99. The fourth-order valence-electron chi connectivity index (χ4n) is 4.43. The van der Waals surface area contributed by atoms with E-state index < -0.39 is 17.8 Å². The van der Waals surface area contributed by atoms with Gasteiger partial charge in [-0.1, -0.05) is 48.0 Å². The number of imide groups is 2. The fourth-order valence-corrected chi connectivity index (χ4v) is 4.63. The van der Waals surface area contributed by atoms with Crippen LogP contribution in [0.1, 0.15) is 16.7 Å². The number of amides is 4. The van der Waals surface area contributed by atoms with Crippen LogP contribution in [0, 0.1) is 0 Å². The molecule has 8 heteroatoms. The van der Waals surface area contributed by atoms with Crippen LogP contribution >= 0.6 is 11.6 Å². The molecule has 7 nitrogen and oxygen atoms in total. The van der Waals surface area contributed by atoms with Gasteiger partial charge in [0.15, 0.2) is 0 Å². The lowest BCUT2D eigenvalue weighted by atomic mass is 10.0. The van der Waals surface area contributed by atoms with E-state index in [4.69, 9.17) is 16.3 Å². The lowest BCUT2D eigenvalue weighted by Crippen LogP contribution is -2.54. The van der Waals surface area contributed by atoms with Crippen molar-refractivity contribution < 1.29 is 19.1 Å². The normalized spacial score (nSPS) is 16.5. The van der Waals surface area contributed by atoms with Gasteiger partial charge in [0.05, 0.1) is 12.8 Å². The molecule has 35 heavy (non-hydrogen) atoms. The number of carbonyl (C=O) groups excluding carboxylic acids is 3. The third-order valence-corrected chi connectivity index (χ3v) is 6.52. The quantitative estimate of drug-likeness (QED) is 0.421. The number of hydrogen-bond donors (Lipinski definition) is 1. The molecule has 0 bridgehead atoms. The van der Waals surface area contributed by atoms with Gasteiger partial charge in [-0.3, -0.25) is 14.9 Å². The van der Waals surface area contributed by atoms with Crippen molar-refractivity contribution in [1.29, 1.82) is 0 Å². The van der Waals surface area contributed by atoms with Gasteiger partial charge in [-0.25, -0.2) is 9.69 Å². The standard InChI is InChI=1S/C27H22ClN3O4/c1-35-24-9-5-4-8-23(24)31-26(33)20(25(32)29-27(31)34)15-17-10-11-22-18(14-17)12-13-30(22)16-19-6-2-3-7-21(19)28/h2-11,14-15H,12-13,16H2,1H3,(H,29,32,34). The monoisotopic (exact) mass is 487 g/mol. The fraction of sp³-hybridized carbons (Fsp3) is 0.148. The maximum Gasteiger partial charge on any atom is 0.336 e. The summed E-state index contributed by atoms with van der Waals surface area (Å²) in [6.07, 6.45) is 2.35. The number of carbonyl (C=O) groups is 3. The Bertz CT molecular complexity index is 1380. The van der Waals surface area contributed by atoms with E-state index in [0.29, 0.717) is 17.9 Å². The minimum absolute atomic E-state index is 0.124. The number of urea groups is 1. The van der Waals surface area contributed by atoms with Gasteiger partial charge in [0.1, 0.15) is 11.3 Å². The van der Waals surface area contributed by atoms with Crippen LogP contribution in [0.25, 0.3) is 6.08 Å². The number of nitrogens with zero attached hydrogens (tertiary/aromatic N) is 2. The molecular formula is C27H22ClN3O4. The number of benzene rings is 3. The van der Waals surface area contributed by atoms with Gasteiger partial charge in [0, 0.05) is 23.8 Å². The number of nitrogens with one attached hydrogen (secondary N) is 1. The van der Waals surface area contributed by atoms with E-state index in [9.17, 15) is 14.4 Å². The highest BCUT2D eigenvalue weighted by Crippen LogP contribution is 2.33. The zero-order valence-electron chi connectivity index (χ0n) is 19.0. The number of fused-ring (bicyclic) bond motifs is 1. The molecule has 0 aliphatic carbocycles. The summed E-state index contributed by atoms with van der Waals surface area (Å²) < 4.78 is 5.29. The van der Waals surface area contributed by atoms with E-state index in [1.165, 1.54) is 13.2 Å². The number of halogens is 1. The second-order valence-electron chi connectivity index (χ2n) is 8.28. The van der Waals surface area contributed by atoms with Crippen molar-refractivity contribution in [3.8, 4) is 5.75 Å². The third kappa shape index (κ3) is 4.26. The Kier molecular flexibility index (Phi) is 6.01. The molecule has 176 valence electrons. The SMILES string of the molecule is COc1ccccc1N1C(=O)NC(=O)C(=Cc2ccc3c(c2)CCN3Cc2ccccc2Cl)C1=O. The number of methoxy groups -OCH3 is 1. The van der Waals surface area contributed by atoms with Crippen LogP contribution in [0.2, 0.25) is 5.02 Å². The van der Waals surface area contributed by atoms with E-state index in [1.54, 1.807) is 24.3 Å². The molecule has 2 heterocycles. The van der Waals surface area contributed by atoms with Gasteiger partial charge in [-0.2, -0.15) is 0 Å². The first-order valence-corrected chi connectivity index (χ1v) is 11.5. The molecule has 3 aromatic carbocycles. The second kappa shape index (κ2) is 9.27. The van der Waals surface area contributed by atoms with Gasteiger partial charge in [-0.05, 0) is 59.5 Å². The molecule has 0 aromatic heterocycles. The Balaban J connectivity index is 1.43.